The fourth-order valence-corrected chi connectivity index (χ4v) is 2.49. The molecule has 114 valence electrons. The highest BCUT2D eigenvalue weighted by Gasteiger charge is 2.40. The van der Waals surface area contributed by atoms with Gasteiger partial charge in [0.1, 0.15) is 6.04 Å². The van der Waals surface area contributed by atoms with Gasteiger partial charge < -0.3 is 21.1 Å². The van der Waals surface area contributed by atoms with Gasteiger partial charge in [-0.3, -0.25) is 9.59 Å². The summed E-state index contributed by atoms with van der Waals surface area (Å²) >= 11 is 0. The number of nitrogens with zero attached hydrogens (tertiary/aromatic N) is 1. The van der Waals surface area contributed by atoms with Crippen LogP contribution in [0.15, 0.2) is 0 Å². The number of carbonyl (C=O) groups excluding carboxylic acids is 2. The Bertz CT molecular complexity index is 408. The Morgan fingerprint density at radius 1 is 1.40 bits per heavy atom. The first-order valence-corrected chi connectivity index (χ1v) is 6.74. The van der Waals surface area contributed by atoms with Crippen LogP contribution in [0.3, 0.4) is 0 Å². The number of carboxylic acid groups (broad SMARTS) is 1. The number of likely N-dealkylation sites (tertiary alicyclic amines) is 1. The zero-order valence-electron chi connectivity index (χ0n) is 12.2. The van der Waals surface area contributed by atoms with Gasteiger partial charge in [0.15, 0.2) is 0 Å². The zero-order chi connectivity index (χ0) is 15.5. The van der Waals surface area contributed by atoms with Crippen LogP contribution in [0.5, 0.6) is 0 Å². The van der Waals surface area contributed by atoms with Gasteiger partial charge >= 0.3 is 12.0 Å². The lowest BCUT2D eigenvalue weighted by molar-refractivity contribution is -0.153. The molecule has 0 aromatic carbocycles. The molecular formula is C13H23N3O4. The molecule has 1 fully saturated rings. The molecule has 2 atom stereocenters. The van der Waals surface area contributed by atoms with Crippen molar-refractivity contribution in [2.75, 3.05) is 13.1 Å². The number of rotatable bonds is 4. The quantitative estimate of drug-likeness (QED) is 0.693. The summed E-state index contributed by atoms with van der Waals surface area (Å²) in [6.45, 7) is 5.90. The van der Waals surface area contributed by atoms with Crippen molar-refractivity contribution >= 4 is 17.9 Å². The minimum absolute atomic E-state index is 0.0986. The molecule has 0 aromatic rings. The summed E-state index contributed by atoms with van der Waals surface area (Å²) in [6, 6.07) is -1.44. The van der Waals surface area contributed by atoms with Crippen LogP contribution < -0.4 is 11.1 Å². The maximum atomic E-state index is 12.2. The molecule has 1 heterocycles. The van der Waals surface area contributed by atoms with Crippen LogP contribution >= 0.6 is 0 Å². The number of amides is 3. The molecule has 0 aromatic heterocycles. The van der Waals surface area contributed by atoms with Crippen molar-refractivity contribution in [2.24, 2.45) is 17.1 Å². The van der Waals surface area contributed by atoms with Crippen molar-refractivity contribution in [1.29, 1.82) is 0 Å². The number of urea groups is 1. The highest BCUT2D eigenvalue weighted by Crippen LogP contribution is 2.34. The second-order valence-electron chi connectivity index (χ2n) is 5.88. The van der Waals surface area contributed by atoms with Gasteiger partial charge in [-0.2, -0.15) is 0 Å². The molecule has 0 radical (unpaired) electrons. The standard InChI is InChI=1S/C13H23N3O4/c1-8(15-12(14)20)10(17)16-6-4-5-9(7-16)13(2,3)11(18)19/h8-9H,4-7H2,1-3H3,(H,18,19)(H3,14,15,20). The molecule has 1 aliphatic rings. The average molecular weight is 285 g/mol. The molecule has 7 heteroatoms. The summed E-state index contributed by atoms with van der Waals surface area (Å²) in [5.41, 5.74) is 4.12. The molecule has 0 bridgehead atoms. The van der Waals surface area contributed by atoms with E-state index >= 15 is 0 Å². The molecular weight excluding hydrogens is 262 g/mol. The lowest BCUT2D eigenvalue weighted by Gasteiger charge is -2.40. The lowest BCUT2D eigenvalue weighted by atomic mass is 9.74. The third kappa shape index (κ3) is 3.61. The second-order valence-corrected chi connectivity index (χ2v) is 5.88. The smallest absolute Gasteiger partial charge is 0.312 e. The lowest BCUT2D eigenvalue weighted by Crippen LogP contribution is -2.53. The zero-order valence-corrected chi connectivity index (χ0v) is 12.2. The number of nitrogens with two attached hydrogens (primary N) is 1. The highest BCUT2D eigenvalue weighted by atomic mass is 16.4. The van der Waals surface area contributed by atoms with Gasteiger partial charge in [-0.1, -0.05) is 0 Å². The molecule has 1 saturated heterocycles. The Morgan fingerprint density at radius 3 is 2.50 bits per heavy atom. The normalized spacial score (nSPS) is 21.1. The summed E-state index contributed by atoms with van der Waals surface area (Å²) in [6.07, 6.45) is 1.54. The first-order chi connectivity index (χ1) is 9.16. The minimum atomic E-state index is -0.876. The second kappa shape index (κ2) is 6.11. The van der Waals surface area contributed by atoms with Gasteiger partial charge in [-0.15, -0.1) is 0 Å². The molecule has 2 unspecified atom stereocenters. The van der Waals surface area contributed by atoms with Crippen molar-refractivity contribution in [3.8, 4) is 0 Å². The molecule has 0 saturated carbocycles. The van der Waals surface area contributed by atoms with Crippen molar-refractivity contribution in [2.45, 2.75) is 39.7 Å². The van der Waals surface area contributed by atoms with Crippen molar-refractivity contribution in [3.63, 3.8) is 0 Å². The van der Waals surface area contributed by atoms with Gasteiger partial charge in [0.25, 0.3) is 0 Å². The van der Waals surface area contributed by atoms with Crippen LogP contribution in [0, 0.1) is 11.3 Å². The summed E-state index contributed by atoms with van der Waals surface area (Å²) in [4.78, 5) is 35.9. The molecule has 1 rings (SSSR count). The Balaban J connectivity index is 2.72. The third-order valence-electron chi connectivity index (χ3n) is 4.03. The first kappa shape index (κ1) is 16.3. The van der Waals surface area contributed by atoms with E-state index in [1.165, 1.54) is 0 Å². The Labute approximate surface area is 118 Å². The highest BCUT2D eigenvalue weighted by molar-refractivity contribution is 5.86. The number of hydrogen-bond acceptors (Lipinski definition) is 3. The van der Waals surface area contributed by atoms with Crippen LogP contribution in [0.1, 0.15) is 33.6 Å². The van der Waals surface area contributed by atoms with Crippen molar-refractivity contribution in [3.05, 3.63) is 0 Å². The van der Waals surface area contributed by atoms with Gasteiger partial charge in [-0.25, -0.2) is 4.79 Å². The van der Waals surface area contributed by atoms with Gasteiger partial charge in [-0.05, 0) is 39.5 Å². The maximum Gasteiger partial charge on any atom is 0.312 e. The Hall–Kier alpha value is -1.79. The van der Waals surface area contributed by atoms with E-state index in [2.05, 4.69) is 5.32 Å². The number of hydrogen-bond donors (Lipinski definition) is 3. The molecule has 20 heavy (non-hydrogen) atoms. The summed E-state index contributed by atoms with van der Waals surface area (Å²) in [7, 11) is 0. The van der Waals surface area contributed by atoms with E-state index in [0.29, 0.717) is 13.1 Å². The van der Waals surface area contributed by atoms with Crippen molar-refractivity contribution < 1.29 is 19.5 Å². The number of primary amides is 1. The SMILES string of the molecule is CC(NC(N)=O)C(=O)N1CCCC(C(C)(C)C(=O)O)C1. The van der Waals surface area contributed by atoms with Crippen molar-refractivity contribution in [1.82, 2.24) is 10.2 Å². The maximum absolute atomic E-state index is 12.2. The van der Waals surface area contributed by atoms with Gasteiger partial charge in [0.05, 0.1) is 5.41 Å². The molecule has 3 amide bonds. The summed E-state index contributed by atoms with van der Waals surface area (Å²) in [5.74, 6) is -1.19. The number of aliphatic carboxylic acids is 1. The average Bonchev–Trinajstić information content (AvgIpc) is 2.37. The number of carbonyl (C=O) groups is 3. The topological polar surface area (TPSA) is 113 Å². The fourth-order valence-electron chi connectivity index (χ4n) is 2.49. The van der Waals surface area contributed by atoms with E-state index in [9.17, 15) is 19.5 Å². The third-order valence-corrected chi connectivity index (χ3v) is 4.03. The minimum Gasteiger partial charge on any atom is -0.481 e. The summed E-state index contributed by atoms with van der Waals surface area (Å²) < 4.78 is 0. The van der Waals surface area contributed by atoms with E-state index in [4.69, 9.17) is 5.73 Å². The van der Waals surface area contributed by atoms with Gasteiger partial charge in [0.2, 0.25) is 5.91 Å². The number of carboxylic acids is 1. The van der Waals surface area contributed by atoms with E-state index in [0.717, 1.165) is 12.8 Å². The molecule has 0 aliphatic carbocycles. The van der Waals surface area contributed by atoms with E-state index < -0.39 is 23.5 Å². The Kier molecular flexibility index (Phi) is 4.97. The van der Waals surface area contributed by atoms with Crippen LogP contribution in [0.2, 0.25) is 0 Å². The van der Waals surface area contributed by atoms with Crippen LogP contribution in [-0.4, -0.2) is 47.0 Å². The monoisotopic (exact) mass is 285 g/mol. The van der Waals surface area contributed by atoms with E-state index in [1.54, 1.807) is 25.7 Å². The molecule has 0 spiro atoms. The predicted octanol–water partition coefficient (Wildman–Crippen LogP) is 0.393. The van der Waals surface area contributed by atoms with Crippen LogP contribution in [-0.2, 0) is 9.59 Å². The van der Waals surface area contributed by atoms with E-state index in [1.807, 2.05) is 0 Å². The fraction of sp³-hybridized carbons (Fsp3) is 0.769. The predicted molar refractivity (Wildman–Crippen MR) is 72.9 cm³/mol. The summed E-state index contributed by atoms with van der Waals surface area (Å²) in [5, 5.41) is 11.6. The molecule has 7 nitrogen and oxygen atoms in total. The van der Waals surface area contributed by atoms with Crippen LogP contribution in [0.4, 0.5) is 4.79 Å². The Morgan fingerprint density at radius 2 is 2.00 bits per heavy atom. The van der Waals surface area contributed by atoms with E-state index in [-0.39, 0.29) is 11.8 Å². The number of nitrogens with one attached hydrogen (secondary N) is 1. The molecule has 1 aliphatic heterocycles. The first-order valence-electron chi connectivity index (χ1n) is 6.74. The number of piperidine rings is 1. The van der Waals surface area contributed by atoms with Crippen LogP contribution in [0.25, 0.3) is 0 Å². The van der Waals surface area contributed by atoms with Gasteiger partial charge in [0, 0.05) is 13.1 Å². The molecule has 4 N–H and O–H groups in total. The largest absolute Gasteiger partial charge is 0.481 e.